The molecule has 0 amide bonds. The second-order valence-corrected chi connectivity index (χ2v) is 7.12. The summed E-state index contributed by atoms with van der Waals surface area (Å²) in [4.78, 5) is 4.77. The molecule has 0 N–H and O–H groups in total. The van der Waals surface area contributed by atoms with Gasteiger partial charge in [-0.25, -0.2) is 0 Å². The van der Waals surface area contributed by atoms with Crippen molar-refractivity contribution in [2.24, 2.45) is 11.8 Å². The van der Waals surface area contributed by atoms with Gasteiger partial charge in [-0.1, -0.05) is 50.1 Å². The van der Waals surface area contributed by atoms with Gasteiger partial charge in [-0.15, -0.1) is 0 Å². The van der Waals surface area contributed by atoms with Gasteiger partial charge in [-0.05, 0) is 49.7 Å². The highest BCUT2D eigenvalue weighted by atomic mass is 15.4. The quantitative estimate of drug-likeness (QED) is 0.622. The summed E-state index contributed by atoms with van der Waals surface area (Å²) in [5.74, 6) is 1.62. The van der Waals surface area contributed by atoms with Gasteiger partial charge in [0.25, 0.3) is 0 Å². The first-order chi connectivity index (χ1) is 11.2. The third-order valence-corrected chi connectivity index (χ3v) is 5.63. The first kappa shape index (κ1) is 16.2. The van der Waals surface area contributed by atoms with Crippen LogP contribution in [-0.4, -0.2) is 18.1 Å². The van der Waals surface area contributed by atoms with Crippen molar-refractivity contribution in [2.45, 2.75) is 51.6 Å². The smallest absolute Gasteiger partial charge is 0.105 e. The summed E-state index contributed by atoms with van der Waals surface area (Å²) in [6.45, 7) is 6.58. The number of hydrogen-bond donors (Lipinski definition) is 0. The Morgan fingerprint density at radius 3 is 2.57 bits per heavy atom. The van der Waals surface area contributed by atoms with E-state index in [2.05, 4.69) is 73.1 Å². The molecule has 1 aromatic carbocycles. The number of hydrogen-bond acceptors (Lipinski definition) is 2. The Labute approximate surface area is 141 Å². The van der Waals surface area contributed by atoms with Gasteiger partial charge in [-0.2, -0.15) is 0 Å². The van der Waals surface area contributed by atoms with Crippen LogP contribution in [0.3, 0.4) is 0 Å². The molecule has 124 valence electrons. The summed E-state index contributed by atoms with van der Waals surface area (Å²) in [5, 5.41) is 0. The second-order valence-electron chi connectivity index (χ2n) is 7.12. The maximum Gasteiger partial charge on any atom is 0.105 e. The topological polar surface area (TPSA) is 6.48 Å². The van der Waals surface area contributed by atoms with Gasteiger partial charge in [0.1, 0.15) is 6.17 Å². The van der Waals surface area contributed by atoms with Gasteiger partial charge in [-0.3, -0.25) is 0 Å². The number of rotatable bonds is 7. The summed E-state index contributed by atoms with van der Waals surface area (Å²) in [6, 6.07) is 10.7. The summed E-state index contributed by atoms with van der Waals surface area (Å²) < 4.78 is 0. The zero-order valence-corrected chi connectivity index (χ0v) is 14.6. The van der Waals surface area contributed by atoms with Crippen molar-refractivity contribution in [1.82, 2.24) is 4.90 Å². The van der Waals surface area contributed by atoms with Gasteiger partial charge in [0.15, 0.2) is 0 Å². The van der Waals surface area contributed by atoms with Crippen LogP contribution in [0.4, 0.5) is 5.69 Å². The van der Waals surface area contributed by atoms with E-state index in [1.165, 1.54) is 49.8 Å². The largest absolute Gasteiger partial charge is 0.359 e. The number of anilines is 1. The molecule has 3 unspecified atom stereocenters. The van der Waals surface area contributed by atoms with Gasteiger partial charge in [0.2, 0.25) is 0 Å². The van der Waals surface area contributed by atoms with Crippen LogP contribution in [-0.2, 0) is 0 Å². The van der Waals surface area contributed by atoms with Crippen LogP contribution in [0.5, 0.6) is 0 Å². The molecule has 2 nitrogen and oxygen atoms in total. The van der Waals surface area contributed by atoms with E-state index in [1.807, 2.05) is 0 Å². The highest BCUT2D eigenvalue weighted by Crippen LogP contribution is 2.42. The average molecular weight is 310 g/mol. The highest BCUT2D eigenvalue weighted by molar-refractivity contribution is 5.51. The summed E-state index contributed by atoms with van der Waals surface area (Å²) >= 11 is 0. The van der Waals surface area contributed by atoms with Gasteiger partial charge in [0, 0.05) is 25.1 Å². The number of benzene rings is 1. The molecule has 3 rings (SSSR count). The average Bonchev–Trinajstić information content (AvgIpc) is 2.93. The van der Waals surface area contributed by atoms with E-state index in [4.69, 9.17) is 0 Å². The fraction of sp³-hybridized carbons (Fsp3) is 0.524. The summed E-state index contributed by atoms with van der Waals surface area (Å²) in [7, 11) is 2.20. The lowest BCUT2D eigenvalue weighted by Crippen LogP contribution is -2.37. The third-order valence-electron chi connectivity index (χ3n) is 5.63. The van der Waals surface area contributed by atoms with Crippen LogP contribution in [0, 0.1) is 11.8 Å². The van der Waals surface area contributed by atoms with E-state index in [-0.39, 0.29) is 0 Å². The lowest BCUT2D eigenvalue weighted by molar-refractivity contribution is 0.230. The van der Waals surface area contributed by atoms with Gasteiger partial charge >= 0.3 is 0 Å². The molecule has 3 atom stereocenters. The normalized spacial score (nSPS) is 24.9. The molecule has 1 heterocycles. The first-order valence-electron chi connectivity index (χ1n) is 9.12. The Bertz CT molecular complexity index is 548. The predicted octanol–water partition coefficient (Wildman–Crippen LogP) is 5.40. The lowest BCUT2D eigenvalue weighted by atomic mass is 9.69. The minimum atomic E-state index is 0.449. The maximum atomic E-state index is 4.27. The molecule has 2 aliphatic rings. The van der Waals surface area contributed by atoms with Crippen LogP contribution < -0.4 is 4.90 Å². The van der Waals surface area contributed by atoms with Crippen LogP contribution in [0.1, 0.15) is 45.4 Å². The standard InChI is InChI=1S/C21H30N2/c1-4-8-18(20-13-11-17(20)2)12-14-21-22(3)15-16-23(21)19-9-6-5-7-10-19/h5-7,9-10,15-16,18,20-21H,2,4,8,11-14H2,1,3H3. The molecular formula is C21H30N2. The van der Waals surface area contributed by atoms with Gasteiger partial charge in [0.05, 0.1) is 0 Å². The molecule has 0 radical (unpaired) electrons. The fourth-order valence-electron chi connectivity index (χ4n) is 4.14. The highest BCUT2D eigenvalue weighted by Gasteiger charge is 2.32. The second kappa shape index (κ2) is 7.25. The van der Waals surface area contributed by atoms with Crippen molar-refractivity contribution in [2.75, 3.05) is 11.9 Å². The zero-order chi connectivity index (χ0) is 16.2. The van der Waals surface area contributed by atoms with E-state index in [9.17, 15) is 0 Å². The molecule has 0 bridgehead atoms. The summed E-state index contributed by atoms with van der Waals surface area (Å²) in [5.41, 5.74) is 2.79. The molecule has 1 aromatic rings. The molecule has 0 saturated heterocycles. The van der Waals surface area contributed by atoms with E-state index in [1.54, 1.807) is 0 Å². The van der Waals surface area contributed by atoms with Crippen molar-refractivity contribution in [3.05, 3.63) is 54.9 Å². The third kappa shape index (κ3) is 3.46. The Morgan fingerprint density at radius 1 is 1.17 bits per heavy atom. The van der Waals surface area contributed by atoms with Crippen LogP contribution in [0.15, 0.2) is 54.9 Å². The maximum absolute atomic E-state index is 4.27. The molecule has 1 aliphatic carbocycles. The molecule has 0 spiro atoms. The van der Waals surface area contributed by atoms with Gasteiger partial charge < -0.3 is 9.80 Å². The molecule has 2 heteroatoms. The number of nitrogens with zero attached hydrogens (tertiary/aromatic N) is 2. The minimum absolute atomic E-state index is 0.449. The number of allylic oxidation sites excluding steroid dienone is 1. The van der Waals surface area contributed by atoms with Crippen molar-refractivity contribution in [3.8, 4) is 0 Å². The lowest BCUT2D eigenvalue weighted by Gasteiger charge is -2.38. The predicted molar refractivity (Wildman–Crippen MR) is 99.1 cm³/mol. The SMILES string of the molecule is C=C1CCC1C(CCC)CCC1N(C)C=CN1c1ccccc1. The zero-order valence-electron chi connectivity index (χ0n) is 14.6. The monoisotopic (exact) mass is 310 g/mol. The van der Waals surface area contributed by atoms with Crippen molar-refractivity contribution in [1.29, 1.82) is 0 Å². The molecule has 23 heavy (non-hydrogen) atoms. The molecule has 0 aromatic heterocycles. The number of para-hydroxylation sites is 1. The van der Waals surface area contributed by atoms with E-state index in [0.29, 0.717) is 6.17 Å². The van der Waals surface area contributed by atoms with Crippen LogP contribution in [0.2, 0.25) is 0 Å². The molecular weight excluding hydrogens is 280 g/mol. The van der Waals surface area contributed by atoms with E-state index in [0.717, 1.165) is 11.8 Å². The fourth-order valence-corrected chi connectivity index (χ4v) is 4.14. The van der Waals surface area contributed by atoms with E-state index < -0.39 is 0 Å². The Morgan fingerprint density at radius 2 is 1.96 bits per heavy atom. The Balaban J connectivity index is 1.64. The molecule has 1 saturated carbocycles. The van der Waals surface area contributed by atoms with Crippen LogP contribution >= 0.6 is 0 Å². The Kier molecular flexibility index (Phi) is 5.09. The molecule has 1 aliphatic heterocycles. The van der Waals surface area contributed by atoms with Crippen molar-refractivity contribution in [3.63, 3.8) is 0 Å². The van der Waals surface area contributed by atoms with E-state index >= 15 is 0 Å². The van der Waals surface area contributed by atoms with Crippen molar-refractivity contribution < 1.29 is 0 Å². The first-order valence-corrected chi connectivity index (χ1v) is 9.12. The van der Waals surface area contributed by atoms with Crippen molar-refractivity contribution >= 4 is 5.69 Å². The van der Waals surface area contributed by atoms with Crippen LogP contribution in [0.25, 0.3) is 0 Å². The summed E-state index contributed by atoms with van der Waals surface area (Å²) in [6.07, 6.45) is 12.6. The minimum Gasteiger partial charge on any atom is -0.359 e. The Hall–Kier alpha value is -1.70. The molecule has 1 fully saturated rings.